The normalized spacial score (nSPS) is 9.93. The Balaban J connectivity index is 3.97. The van der Waals surface area contributed by atoms with Gasteiger partial charge in [0.1, 0.15) is 0 Å². The highest BCUT2D eigenvalue weighted by molar-refractivity contribution is 8.00. The van der Waals surface area contributed by atoms with Crippen molar-refractivity contribution in [1.29, 1.82) is 5.26 Å². The summed E-state index contributed by atoms with van der Waals surface area (Å²) in [4.78, 5) is 13.1. The molecule has 0 rings (SSSR count). The molecule has 1 N–H and O–H groups in total. The van der Waals surface area contributed by atoms with Gasteiger partial charge in [-0.3, -0.25) is 4.79 Å². The van der Waals surface area contributed by atoms with Gasteiger partial charge in [-0.05, 0) is 13.8 Å². The number of amides is 1. The van der Waals surface area contributed by atoms with E-state index >= 15 is 0 Å². The maximum atomic E-state index is 11.5. The fraction of sp³-hybridized carbons (Fsp3) is 0.778. The lowest BCUT2D eigenvalue weighted by Gasteiger charge is -2.25. The quantitative estimate of drug-likeness (QED) is 0.656. The van der Waals surface area contributed by atoms with E-state index in [4.69, 9.17) is 10.4 Å². The van der Waals surface area contributed by atoms with Gasteiger partial charge in [-0.2, -0.15) is 5.26 Å². The van der Waals surface area contributed by atoms with E-state index in [-0.39, 0.29) is 18.6 Å². The fourth-order valence-electron chi connectivity index (χ4n) is 1.05. The van der Waals surface area contributed by atoms with Crippen molar-refractivity contribution in [2.24, 2.45) is 0 Å². The lowest BCUT2D eigenvalue weighted by molar-refractivity contribution is -0.130. The van der Waals surface area contributed by atoms with E-state index in [0.717, 1.165) is 0 Å². The molecule has 0 bridgehead atoms. The van der Waals surface area contributed by atoms with E-state index < -0.39 is 0 Å². The summed E-state index contributed by atoms with van der Waals surface area (Å²) in [5.74, 6) is 0.622. The molecule has 5 heteroatoms. The minimum atomic E-state index is -0.0210. The van der Waals surface area contributed by atoms with E-state index in [1.165, 1.54) is 11.8 Å². The Bertz CT molecular complexity index is 213. The molecule has 0 aromatic rings. The summed E-state index contributed by atoms with van der Waals surface area (Å²) in [6, 6.07) is 2.06. The number of thioether (sulfide) groups is 1. The standard InChI is InChI=1S/C9H16N2O2S/c1-8(2)11(4-5-12)9(13)7-14-6-3-10/h8,12H,4-7H2,1-2H3. The van der Waals surface area contributed by atoms with Crippen molar-refractivity contribution in [1.82, 2.24) is 4.90 Å². The van der Waals surface area contributed by atoms with Crippen molar-refractivity contribution in [2.75, 3.05) is 24.7 Å². The third-order valence-corrected chi connectivity index (χ3v) is 2.46. The molecule has 1 amide bonds. The molecule has 0 aliphatic heterocycles. The highest BCUT2D eigenvalue weighted by Crippen LogP contribution is 2.05. The van der Waals surface area contributed by atoms with Gasteiger partial charge in [0, 0.05) is 12.6 Å². The first-order valence-electron chi connectivity index (χ1n) is 4.48. The van der Waals surface area contributed by atoms with E-state index in [0.29, 0.717) is 18.1 Å². The monoisotopic (exact) mass is 216 g/mol. The van der Waals surface area contributed by atoms with E-state index in [9.17, 15) is 4.79 Å². The van der Waals surface area contributed by atoms with E-state index in [2.05, 4.69) is 0 Å². The zero-order valence-corrected chi connectivity index (χ0v) is 9.38. The Morgan fingerprint density at radius 1 is 1.64 bits per heavy atom. The fourth-order valence-corrected chi connectivity index (χ4v) is 1.58. The van der Waals surface area contributed by atoms with Gasteiger partial charge >= 0.3 is 0 Å². The Morgan fingerprint density at radius 3 is 2.71 bits per heavy atom. The van der Waals surface area contributed by atoms with Crippen LogP contribution in [0.25, 0.3) is 0 Å². The largest absolute Gasteiger partial charge is 0.395 e. The average Bonchev–Trinajstić information content (AvgIpc) is 2.13. The molecule has 0 saturated heterocycles. The molecule has 0 aliphatic carbocycles. The maximum Gasteiger partial charge on any atom is 0.232 e. The van der Waals surface area contributed by atoms with Crippen LogP contribution in [-0.4, -0.2) is 46.6 Å². The van der Waals surface area contributed by atoms with Crippen LogP contribution >= 0.6 is 11.8 Å². The molecule has 0 radical (unpaired) electrons. The molecule has 0 unspecified atom stereocenters. The summed E-state index contributed by atoms with van der Waals surface area (Å²) in [5.41, 5.74) is 0. The topological polar surface area (TPSA) is 64.3 Å². The van der Waals surface area contributed by atoms with Gasteiger partial charge in [0.15, 0.2) is 0 Å². The number of hydrogen-bond acceptors (Lipinski definition) is 4. The lowest BCUT2D eigenvalue weighted by atomic mass is 10.3. The lowest BCUT2D eigenvalue weighted by Crippen LogP contribution is -2.40. The third kappa shape index (κ3) is 5.10. The average molecular weight is 216 g/mol. The second-order valence-electron chi connectivity index (χ2n) is 3.06. The van der Waals surface area contributed by atoms with Gasteiger partial charge < -0.3 is 10.0 Å². The molecular formula is C9H16N2O2S. The number of hydrogen-bond donors (Lipinski definition) is 1. The minimum Gasteiger partial charge on any atom is -0.395 e. The Labute approximate surface area is 88.9 Å². The van der Waals surface area contributed by atoms with E-state index in [1.807, 2.05) is 19.9 Å². The molecule has 0 aromatic carbocycles. The second kappa shape index (κ2) is 7.65. The molecule has 0 atom stereocenters. The van der Waals surface area contributed by atoms with Crippen molar-refractivity contribution >= 4 is 17.7 Å². The molecule has 80 valence electrons. The van der Waals surface area contributed by atoms with Crippen LogP contribution in [0.4, 0.5) is 0 Å². The first kappa shape index (κ1) is 13.3. The number of nitrogens with zero attached hydrogens (tertiary/aromatic N) is 2. The van der Waals surface area contributed by atoms with Crippen LogP contribution in [0.5, 0.6) is 0 Å². The van der Waals surface area contributed by atoms with Crippen LogP contribution in [0.1, 0.15) is 13.8 Å². The maximum absolute atomic E-state index is 11.5. The molecular weight excluding hydrogens is 200 g/mol. The molecule has 4 nitrogen and oxygen atoms in total. The highest BCUT2D eigenvalue weighted by Gasteiger charge is 2.15. The molecule has 0 spiro atoms. The van der Waals surface area contributed by atoms with Gasteiger partial charge in [-0.25, -0.2) is 0 Å². The molecule has 0 saturated carbocycles. The predicted molar refractivity (Wildman–Crippen MR) is 56.9 cm³/mol. The van der Waals surface area contributed by atoms with Crippen LogP contribution in [0.15, 0.2) is 0 Å². The van der Waals surface area contributed by atoms with E-state index in [1.54, 1.807) is 4.90 Å². The smallest absolute Gasteiger partial charge is 0.232 e. The predicted octanol–water partition coefficient (Wildman–Crippen LogP) is 0.472. The van der Waals surface area contributed by atoms with Crippen molar-refractivity contribution in [3.63, 3.8) is 0 Å². The van der Waals surface area contributed by atoms with Crippen LogP contribution in [-0.2, 0) is 4.79 Å². The van der Waals surface area contributed by atoms with Crippen LogP contribution < -0.4 is 0 Å². The van der Waals surface area contributed by atoms with Gasteiger partial charge in [-0.1, -0.05) is 0 Å². The summed E-state index contributed by atoms with van der Waals surface area (Å²) in [5, 5.41) is 17.0. The summed E-state index contributed by atoms with van der Waals surface area (Å²) in [7, 11) is 0. The zero-order chi connectivity index (χ0) is 11.0. The van der Waals surface area contributed by atoms with Crippen molar-refractivity contribution < 1.29 is 9.90 Å². The zero-order valence-electron chi connectivity index (χ0n) is 8.56. The Kier molecular flexibility index (Phi) is 7.25. The van der Waals surface area contributed by atoms with Crippen molar-refractivity contribution in [3.05, 3.63) is 0 Å². The molecule has 0 fully saturated rings. The summed E-state index contributed by atoms with van der Waals surface area (Å²) in [6.45, 7) is 4.15. The molecule has 0 aromatic heterocycles. The van der Waals surface area contributed by atoms with Crippen molar-refractivity contribution in [3.8, 4) is 6.07 Å². The SMILES string of the molecule is CC(C)N(CCO)C(=O)CSCC#N. The third-order valence-electron chi connectivity index (χ3n) is 1.68. The van der Waals surface area contributed by atoms with Gasteiger partial charge in [-0.15, -0.1) is 11.8 Å². The highest BCUT2D eigenvalue weighted by atomic mass is 32.2. The molecule has 0 heterocycles. The second-order valence-corrected chi connectivity index (χ2v) is 4.04. The summed E-state index contributed by atoms with van der Waals surface area (Å²) < 4.78 is 0. The number of rotatable bonds is 6. The first-order valence-corrected chi connectivity index (χ1v) is 5.64. The number of aliphatic hydroxyl groups is 1. The van der Waals surface area contributed by atoms with Crippen LogP contribution in [0, 0.1) is 11.3 Å². The van der Waals surface area contributed by atoms with Gasteiger partial charge in [0.2, 0.25) is 5.91 Å². The van der Waals surface area contributed by atoms with Crippen molar-refractivity contribution in [2.45, 2.75) is 19.9 Å². The summed E-state index contributed by atoms with van der Waals surface area (Å²) in [6.07, 6.45) is 0. The number of carbonyl (C=O) groups excluding carboxylic acids is 1. The number of nitriles is 1. The first-order chi connectivity index (χ1) is 6.63. The minimum absolute atomic E-state index is 0.0192. The molecule has 14 heavy (non-hydrogen) atoms. The summed E-state index contributed by atoms with van der Waals surface area (Å²) >= 11 is 1.30. The van der Waals surface area contributed by atoms with Crippen LogP contribution in [0.2, 0.25) is 0 Å². The molecule has 0 aliphatic rings. The van der Waals surface area contributed by atoms with Crippen LogP contribution in [0.3, 0.4) is 0 Å². The Hall–Kier alpha value is -0.730. The number of carbonyl (C=O) groups is 1. The van der Waals surface area contributed by atoms with Gasteiger partial charge in [0.25, 0.3) is 0 Å². The Morgan fingerprint density at radius 2 is 2.29 bits per heavy atom. The van der Waals surface area contributed by atoms with Gasteiger partial charge in [0.05, 0.1) is 24.2 Å². The number of aliphatic hydroxyl groups excluding tert-OH is 1.